The van der Waals surface area contributed by atoms with Gasteiger partial charge in [0.2, 0.25) is 11.8 Å². The van der Waals surface area contributed by atoms with Crippen molar-refractivity contribution in [3.8, 4) is 0 Å². The summed E-state index contributed by atoms with van der Waals surface area (Å²) in [5, 5.41) is 3.90. The van der Waals surface area contributed by atoms with E-state index >= 15 is 0 Å². The van der Waals surface area contributed by atoms with Gasteiger partial charge in [-0.2, -0.15) is 0 Å². The molecule has 3 heterocycles. The largest absolute Gasteiger partial charge is 0.361 e. The van der Waals surface area contributed by atoms with Gasteiger partial charge in [-0.15, -0.1) is 0 Å². The summed E-state index contributed by atoms with van der Waals surface area (Å²) in [6, 6.07) is 1.11. The molecular weight excluding hydrogens is 246 g/mol. The lowest BCUT2D eigenvalue weighted by Crippen LogP contribution is -2.61. The van der Waals surface area contributed by atoms with Gasteiger partial charge >= 0.3 is 0 Å². The molecule has 0 N–H and O–H groups in total. The lowest BCUT2D eigenvalue weighted by molar-refractivity contribution is -0.159. The Morgan fingerprint density at radius 2 is 2.21 bits per heavy atom. The number of hydrogen-bond donors (Lipinski definition) is 0. The molecule has 1 aromatic rings. The molecule has 0 radical (unpaired) electrons. The van der Waals surface area contributed by atoms with Crippen LogP contribution in [0.15, 0.2) is 10.6 Å². The number of aryl methyl sites for hydroxylation is 1. The van der Waals surface area contributed by atoms with Crippen LogP contribution in [0.5, 0.6) is 0 Å². The van der Waals surface area contributed by atoms with Gasteiger partial charge in [0.25, 0.3) is 0 Å². The Morgan fingerprint density at radius 3 is 2.89 bits per heavy atom. The number of nitrogens with zero attached hydrogens (tertiary/aromatic N) is 3. The normalized spacial score (nSPS) is 27.1. The quantitative estimate of drug-likeness (QED) is 0.788. The molecule has 2 aliphatic heterocycles. The zero-order valence-electron chi connectivity index (χ0n) is 11.1. The van der Waals surface area contributed by atoms with Crippen molar-refractivity contribution in [2.75, 3.05) is 6.54 Å². The second kappa shape index (κ2) is 4.36. The van der Waals surface area contributed by atoms with Crippen molar-refractivity contribution in [2.45, 2.75) is 45.3 Å². The SMILES string of the molecule is Cc1cc(CN2C(=O)C3CCCN3C(=O)C2C)no1. The number of aromatic nitrogens is 1. The zero-order valence-corrected chi connectivity index (χ0v) is 11.1. The van der Waals surface area contributed by atoms with Gasteiger partial charge in [-0.25, -0.2) is 0 Å². The summed E-state index contributed by atoms with van der Waals surface area (Å²) in [4.78, 5) is 28.0. The van der Waals surface area contributed by atoms with Gasteiger partial charge in [-0.1, -0.05) is 5.16 Å². The molecule has 19 heavy (non-hydrogen) atoms. The maximum Gasteiger partial charge on any atom is 0.246 e. The first-order valence-electron chi connectivity index (χ1n) is 6.61. The van der Waals surface area contributed by atoms with Gasteiger partial charge in [0.1, 0.15) is 23.5 Å². The Hall–Kier alpha value is -1.85. The number of fused-ring (bicyclic) bond motifs is 1. The van der Waals surface area contributed by atoms with Crippen LogP contribution in [-0.4, -0.2) is 45.4 Å². The van der Waals surface area contributed by atoms with Crippen LogP contribution in [0.25, 0.3) is 0 Å². The van der Waals surface area contributed by atoms with E-state index < -0.39 is 6.04 Å². The number of amides is 2. The van der Waals surface area contributed by atoms with E-state index in [2.05, 4.69) is 5.16 Å². The van der Waals surface area contributed by atoms with E-state index in [1.807, 2.05) is 6.92 Å². The number of hydrogen-bond acceptors (Lipinski definition) is 4. The predicted octanol–water partition coefficient (Wildman–Crippen LogP) is 0.705. The van der Waals surface area contributed by atoms with Crippen LogP contribution >= 0.6 is 0 Å². The van der Waals surface area contributed by atoms with E-state index in [0.29, 0.717) is 24.5 Å². The Morgan fingerprint density at radius 1 is 1.42 bits per heavy atom. The first kappa shape index (κ1) is 12.2. The molecule has 2 fully saturated rings. The third kappa shape index (κ3) is 1.91. The minimum Gasteiger partial charge on any atom is -0.361 e. The molecule has 102 valence electrons. The molecular formula is C13H17N3O3. The van der Waals surface area contributed by atoms with Crippen molar-refractivity contribution in [1.82, 2.24) is 15.0 Å². The van der Waals surface area contributed by atoms with E-state index in [1.54, 1.807) is 22.8 Å². The first-order valence-corrected chi connectivity index (χ1v) is 6.61. The van der Waals surface area contributed by atoms with Crippen LogP contribution in [-0.2, 0) is 16.1 Å². The number of rotatable bonds is 2. The molecule has 2 amide bonds. The number of carbonyl (C=O) groups excluding carboxylic acids is 2. The highest BCUT2D eigenvalue weighted by Crippen LogP contribution is 2.27. The third-order valence-electron chi connectivity index (χ3n) is 3.94. The molecule has 2 saturated heterocycles. The summed E-state index contributed by atoms with van der Waals surface area (Å²) in [7, 11) is 0. The summed E-state index contributed by atoms with van der Waals surface area (Å²) < 4.78 is 5.01. The van der Waals surface area contributed by atoms with E-state index in [1.165, 1.54) is 0 Å². The van der Waals surface area contributed by atoms with Crippen LogP contribution in [0.3, 0.4) is 0 Å². The topological polar surface area (TPSA) is 66.7 Å². The van der Waals surface area contributed by atoms with Gasteiger partial charge in [0, 0.05) is 12.6 Å². The fraction of sp³-hybridized carbons (Fsp3) is 0.615. The fourth-order valence-electron chi connectivity index (χ4n) is 2.92. The van der Waals surface area contributed by atoms with Crippen molar-refractivity contribution in [3.05, 3.63) is 17.5 Å². The van der Waals surface area contributed by atoms with Gasteiger partial charge < -0.3 is 14.3 Å². The molecule has 6 nitrogen and oxygen atoms in total. The molecule has 2 aliphatic rings. The molecule has 0 bridgehead atoms. The van der Waals surface area contributed by atoms with Crippen molar-refractivity contribution >= 4 is 11.8 Å². The van der Waals surface area contributed by atoms with Crippen molar-refractivity contribution < 1.29 is 14.1 Å². The van der Waals surface area contributed by atoms with Crippen LogP contribution in [0, 0.1) is 6.92 Å². The number of carbonyl (C=O) groups is 2. The smallest absolute Gasteiger partial charge is 0.246 e. The van der Waals surface area contributed by atoms with Crippen LogP contribution < -0.4 is 0 Å². The van der Waals surface area contributed by atoms with Crippen LogP contribution in [0.1, 0.15) is 31.2 Å². The molecule has 2 atom stereocenters. The number of piperazine rings is 1. The second-order valence-electron chi connectivity index (χ2n) is 5.26. The second-order valence-corrected chi connectivity index (χ2v) is 5.26. The lowest BCUT2D eigenvalue weighted by Gasteiger charge is -2.40. The summed E-state index contributed by atoms with van der Waals surface area (Å²) in [6.45, 7) is 4.63. The minimum atomic E-state index is -0.418. The Kier molecular flexibility index (Phi) is 2.80. The predicted molar refractivity (Wildman–Crippen MR) is 66.0 cm³/mol. The van der Waals surface area contributed by atoms with E-state index in [-0.39, 0.29) is 17.9 Å². The summed E-state index contributed by atoms with van der Waals surface area (Å²) in [5.41, 5.74) is 0.692. The molecule has 0 aromatic carbocycles. The minimum absolute atomic E-state index is 0.0326. The Labute approximate surface area is 111 Å². The van der Waals surface area contributed by atoms with Gasteiger partial charge in [-0.05, 0) is 26.7 Å². The van der Waals surface area contributed by atoms with Crippen molar-refractivity contribution in [2.24, 2.45) is 0 Å². The monoisotopic (exact) mass is 263 g/mol. The average molecular weight is 263 g/mol. The molecule has 0 spiro atoms. The Balaban J connectivity index is 1.83. The fourth-order valence-corrected chi connectivity index (χ4v) is 2.92. The summed E-state index contributed by atoms with van der Waals surface area (Å²) in [5.74, 6) is 0.786. The highest BCUT2D eigenvalue weighted by atomic mass is 16.5. The van der Waals surface area contributed by atoms with Crippen molar-refractivity contribution in [3.63, 3.8) is 0 Å². The molecule has 3 rings (SSSR count). The Bertz CT molecular complexity index is 525. The first-order chi connectivity index (χ1) is 9.08. The average Bonchev–Trinajstić information content (AvgIpc) is 3.01. The maximum atomic E-state index is 12.4. The van der Waals surface area contributed by atoms with Crippen LogP contribution in [0.2, 0.25) is 0 Å². The van der Waals surface area contributed by atoms with E-state index in [0.717, 1.165) is 12.8 Å². The summed E-state index contributed by atoms with van der Waals surface area (Å²) in [6.07, 6.45) is 1.68. The highest BCUT2D eigenvalue weighted by Gasteiger charge is 2.45. The zero-order chi connectivity index (χ0) is 13.6. The van der Waals surface area contributed by atoms with E-state index in [9.17, 15) is 9.59 Å². The molecule has 0 saturated carbocycles. The molecule has 6 heteroatoms. The van der Waals surface area contributed by atoms with Gasteiger partial charge in [0.15, 0.2) is 0 Å². The van der Waals surface area contributed by atoms with Crippen molar-refractivity contribution in [1.29, 1.82) is 0 Å². The summed E-state index contributed by atoms with van der Waals surface area (Å²) >= 11 is 0. The van der Waals surface area contributed by atoms with E-state index in [4.69, 9.17) is 4.52 Å². The maximum absolute atomic E-state index is 12.4. The van der Waals surface area contributed by atoms with Gasteiger partial charge in [-0.3, -0.25) is 9.59 Å². The third-order valence-corrected chi connectivity index (χ3v) is 3.94. The molecule has 1 aromatic heterocycles. The standard InChI is InChI=1S/C13H17N3O3/c1-8-6-10(14-19-8)7-16-9(2)12(17)15-5-3-4-11(15)13(16)18/h6,9,11H,3-5,7H2,1-2H3. The molecule has 0 aliphatic carbocycles. The van der Waals surface area contributed by atoms with Gasteiger partial charge in [0.05, 0.1) is 6.54 Å². The molecule has 2 unspecified atom stereocenters. The highest BCUT2D eigenvalue weighted by molar-refractivity contribution is 5.97. The lowest BCUT2D eigenvalue weighted by atomic mass is 10.1. The van der Waals surface area contributed by atoms with Crippen LogP contribution in [0.4, 0.5) is 0 Å².